The Bertz CT molecular complexity index is 1420. The van der Waals surface area contributed by atoms with Crippen molar-refractivity contribution in [1.82, 2.24) is 14.6 Å². The van der Waals surface area contributed by atoms with Crippen molar-refractivity contribution >= 4 is 27.0 Å². The third kappa shape index (κ3) is 6.69. The number of rotatable bonds is 11. The second-order valence-electron chi connectivity index (χ2n) is 11.0. The van der Waals surface area contributed by atoms with E-state index < -0.39 is 10.0 Å². The van der Waals surface area contributed by atoms with Crippen LogP contribution in [0.2, 0.25) is 0 Å². The lowest BCUT2D eigenvalue weighted by Gasteiger charge is -2.31. The molecule has 2 atom stereocenters. The van der Waals surface area contributed by atoms with Gasteiger partial charge in [-0.2, -0.15) is 0 Å². The highest BCUT2D eigenvalue weighted by Crippen LogP contribution is 2.42. The van der Waals surface area contributed by atoms with Gasteiger partial charge >= 0.3 is 0 Å². The van der Waals surface area contributed by atoms with E-state index in [9.17, 15) is 13.5 Å². The molecule has 5 rings (SSSR count). The first kappa shape index (κ1) is 29.0. The van der Waals surface area contributed by atoms with Gasteiger partial charge in [0.15, 0.2) is 0 Å². The Kier molecular flexibility index (Phi) is 9.11. The zero-order valence-electron chi connectivity index (χ0n) is 23.5. The van der Waals surface area contributed by atoms with E-state index in [1.807, 2.05) is 51.4 Å². The van der Waals surface area contributed by atoms with Crippen LogP contribution in [0.3, 0.4) is 0 Å². The van der Waals surface area contributed by atoms with Crippen LogP contribution in [0.4, 0.5) is 5.69 Å². The second-order valence-corrected chi connectivity index (χ2v) is 14.0. The first-order chi connectivity index (χ1) is 19.3. The van der Waals surface area contributed by atoms with Crippen LogP contribution in [-0.2, 0) is 16.4 Å². The van der Waals surface area contributed by atoms with Gasteiger partial charge in [0.05, 0.1) is 22.4 Å². The van der Waals surface area contributed by atoms with Gasteiger partial charge in [0, 0.05) is 44.5 Å². The molecular weight excluding hydrogens is 544 g/mol. The fourth-order valence-electron chi connectivity index (χ4n) is 5.78. The molecule has 2 aromatic carbocycles. The van der Waals surface area contributed by atoms with Crippen molar-refractivity contribution in [3.63, 3.8) is 0 Å². The molecule has 1 saturated heterocycles. The highest BCUT2D eigenvalue weighted by molar-refractivity contribution is 7.89. The largest absolute Gasteiger partial charge is 0.489 e. The Morgan fingerprint density at radius 1 is 1.23 bits per heavy atom. The summed E-state index contributed by atoms with van der Waals surface area (Å²) in [4.78, 5) is 7.97. The summed E-state index contributed by atoms with van der Waals surface area (Å²) in [7, 11) is -1.55. The first-order valence-electron chi connectivity index (χ1n) is 14.2. The number of nitrogens with zero attached hydrogens (tertiary/aromatic N) is 2. The van der Waals surface area contributed by atoms with Gasteiger partial charge in [0.25, 0.3) is 0 Å². The summed E-state index contributed by atoms with van der Waals surface area (Å²) in [6, 6.07) is 12.0. The molecule has 8 nitrogen and oxygen atoms in total. The summed E-state index contributed by atoms with van der Waals surface area (Å²) in [5.41, 5.74) is 5.33. The van der Waals surface area contributed by atoms with Gasteiger partial charge in [-0.05, 0) is 86.9 Å². The van der Waals surface area contributed by atoms with E-state index in [0.29, 0.717) is 6.54 Å². The minimum absolute atomic E-state index is 0.0739. The molecule has 0 saturated carbocycles. The molecule has 1 aliphatic carbocycles. The van der Waals surface area contributed by atoms with Crippen LogP contribution in [0, 0.1) is 5.92 Å². The minimum Gasteiger partial charge on any atom is -0.489 e. The van der Waals surface area contributed by atoms with Crippen molar-refractivity contribution < 1.29 is 18.3 Å². The molecule has 1 aliphatic heterocycles. The van der Waals surface area contributed by atoms with Crippen LogP contribution in [0.1, 0.15) is 50.3 Å². The number of fused-ring (bicyclic) bond motifs is 1. The Morgan fingerprint density at radius 2 is 2.08 bits per heavy atom. The number of sulfonamides is 1. The predicted octanol–water partition coefficient (Wildman–Crippen LogP) is 4.92. The normalized spacial score (nSPS) is 19.6. The molecule has 0 bridgehead atoms. The smallest absolute Gasteiger partial charge is 0.213 e. The van der Waals surface area contributed by atoms with Crippen LogP contribution in [-0.4, -0.2) is 68.6 Å². The first-order valence-corrected chi connectivity index (χ1v) is 16.6. The zero-order valence-corrected chi connectivity index (χ0v) is 25.2. The Hall–Kier alpha value is -2.50. The molecule has 2 heterocycles. The maximum absolute atomic E-state index is 13.0. The SMILES string of the molecule is CNc1cc(-c2ncc(-c3cccc4c3CCC4NS(=O)(=O)CCN3CCCC(CO)C3)s2)ccc1OC(C)C. The molecule has 1 aromatic heterocycles. The molecule has 3 aromatic rings. The minimum atomic E-state index is -3.44. The topological polar surface area (TPSA) is 104 Å². The Balaban J connectivity index is 1.29. The molecule has 2 unspecified atom stereocenters. The third-order valence-electron chi connectivity index (χ3n) is 7.76. The van der Waals surface area contributed by atoms with E-state index >= 15 is 0 Å². The fourth-order valence-corrected chi connectivity index (χ4v) is 8.04. The molecule has 3 N–H and O–H groups in total. The number of anilines is 1. The summed E-state index contributed by atoms with van der Waals surface area (Å²) in [5.74, 6) is 1.14. The second kappa shape index (κ2) is 12.6. The van der Waals surface area contributed by atoms with Gasteiger partial charge in [0.1, 0.15) is 10.8 Å². The molecule has 10 heteroatoms. The predicted molar refractivity (Wildman–Crippen MR) is 163 cm³/mol. The van der Waals surface area contributed by atoms with E-state index in [4.69, 9.17) is 9.72 Å². The number of nitrogens with one attached hydrogen (secondary N) is 2. The van der Waals surface area contributed by atoms with Gasteiger partial charge in [-0.1, -0.05) is 18.2 Å². The highest BCUT2D eigenvalue weighted by Gasteiger charge is 2.29. The van der Waals surface area contributed by atoms with Gasteiger partial charge in [-0.3, -0.25) is 0 Å². The highest BCUT2D eigenvalue weighted by atomic mass is 32.2. The zero-order chi connectivity index (χ0) is 28.3. The van der Waals surface area contributed by atoms with Gasteiger partial charge in [0.2, 0.25) is 10.0 Å². The number of benzene rings is 2. The average Bonchev–Trinajstić information content (AvgIpc) is 3.60. The van der Waals surface area contributed by atoms with Crippen LogP contribution >= 0.6 is 11.3 Å². The van der Waals surface area contributed by atoms with E-state index in [1.165, 1.54) is 5.56 Å². The number of likely N-dealkylation sites (tertiary alicyclic amines) is 1. The van der Waals surface area contributed by atoms with Crippen LogP contribution in [0.15, 0.2) is 42.6 Å². The van der Waals surface area contributed by atoms with E-state index in [2.05, 4.69) is 27.1 Å². The number of aliphatic hydroxyl groups excluding tert-OH is 1. The lowest BCUT2D eigenvalue weighted by atomic mass is 9.99. The molecule has 0 spiro atoms. The lowest BCUT2D eigenvalue weighted by molar-refractivity contribution is 0.125. The molecule has 40 heavy (non-hydrogen) atoms. The van der Waals surface area contributed by atoms with Crippen LogP contribution < -0.4 is 14.8 Å². The molecule has 1 fully saturated rings. The van der Waals surface area contributed by atoms with Gasteiger partial charge in [-0.25, -0.2) is 18.1 Å². The lowest BCUT2D eigenvalue weighted by Crippen LogP contribution is -2.41. The monoisotopic (exact) mass is 584 g/mol. The third-order valence-corrected chi connectivity index (χ3v) is 10.2. The van der Waals surface area contributed by atoms with Crippen LogP contribution in [0.5, 0.6) is 5.75 Å². The summed E-state index contributed by atoms with van der Waals surface area (Å²) in [5, 5.41) is 13.6. The number of hydrogen-bond acceptors (Lipinski definition) is 8. The fraction of sp³-hybridized carbons (Fsp3) is 0.500. The number of ether oxygens (including phenoxy) is 1. The average molecular weight is 585 g/mol. The molecule has 0 amide bonds. The maximum atomic E-state index is 13.0. The summed E-state index contributed by atoms with van der Waals surface area (Å²) < 4.78 is 35.0. The van der Waals surface area contributed by atoms with E-state index in [0.717, 1.165) is 76.8 Å². The molecule has 2 aliphatic rings. The van der Waals surface area contributed by atoms with E-state index in [-0.39, 0.29) is 30.4 Å². The number of hydrogen-bond donors (Lipinski definition) is 3. The van der Waals surface area contributed by atoms with E-state index in [1.54, 1.807) is 11.3 Å². The quantitative estimate of drug-likeness (QED) is 0.294. The van der Waals surface area contributed by atoms with Crippen molar-refractivity contribution in [2.24, 2.45) is 5.92 Å². The Labute approximate surface area is 241 Å². The van der Waals surface area contributed by atoms with Crippen LogP contribution in [0.25, 0.3) is 21.0 Å². The van der Waals surface area contributed by atoms with Crippen molar-refractivity contribution in [1.29, 1.82) is 0 Å². The molecule has 0 radical (unpaired) electrons. The number of aliphatic hydroxyl groups is 1. The van der Waals surface area contributed by atoms with Gasteiger partial charge in [-0.15, -0.1) is 11.3 Å². The molecule has 216 valence electrons. The number of aromatic nitrogens is 1. The number of thiazole rings is 1. The summed E-state index contributed by atoms with van der Waals surface area (Å²) in [6.07, 6.45) is 5.59. The van der Waals surface area contributed by atoms with Crippen molar-refractivity contribution in [2.45, 2.75) is 51.7 Å². The molecular formula is C30H40N4O4S2. The maximum Gasteiger partial charge on any atom is 0.213 e. The van der Waals surface area contributed by atoms with Crippen molar-refractivity contribution in [2.75, 3.05) is 44.4 Å². The van der Waals surface area contributed by atoms with Gasteiger partial charge < -0.3 is 20.1 Å². The standard InChI is InChI=1S/C30H40N4O4S2/c1-20(2)38-28-12-9-22(16-27(28)31-3)30-32-17-29(39-30)25-8-4-7-24-23(25)10-11-26(24)33-40(36,37)15-14-34-13-5-6-21(18-34)19-35/h4,7-9,12,16-17,20-21,26,31,33,35H,5-6,10-11,13-15,18-19H2,1-3H3. The Morgan fingerprint density at radius 3 is 2.85 bits per heavy atom. The summed E-state index contributed by atoms with van der Waals surface area (Å²) in [6.45, 7) is 6.35. The summed E-state index contributed by atoms with van der Waals surface area (Å²) >= 11 is 1.64. The number of piperidine rings is 1. The van der Waals surface area contributed by atoms with Crippen molar-refractivity contribution in [3.05, 3.63) is 53.7 Å². The van der Waals surface area contributed by atoms with Crippen molar-refractivity contribution in [3.8, 4) is 26.8 Å².